The Bertz CT molecular complexity index is 1220. The number of aryl methyl sites for hydroxylation is 1. The van der Waals surface area contributed by atoms with Gasteiger partial charge in [0.15, 0.2) is 0 Å². The zero-order chi connectivity index (χ0) is 22.1. The number of thiazole rings is 1. The van der Waals surface area contributed by atoms with Crippen LogP contribution in [-0.4, -0.2) is 31.2 Å². The largest absolute Gasteiger partial charge is 0.726 e. The van der Waals surface area contributed by atoms with Crippen LogP contribution in [0.2, 0.25) is 5.02 Å². The van der Waals surface area contributed by atoms with Gasteiger partial charge in [-0.25, -0.2) is 8.42 Å². The minimum Gasteiger partial charge on any atom is -0.726 e. The van der Waals surface area contributed by atoms with Gasteiger partial charge in [0.05, 0.1) is 23.4 Å². The van der Waals surface area contributed by atoms with E-state index in [1.54, 1.807) is 23.1 Å². The van der Waals surface area contributed by atoms with E-state index in [1.165, 1.54) is 30.8 Å². The van der Waals surface area contributed by atoms with Crippen molar-refractivity contribution in [3.63, 3.8) is 0 Å². The summed E-state index contributed by atoms with van der Waals surface area (Å²) in [5, 5.41) is 3.18. The fourth-order valence-electron chi connectivity index (χ4n) is 2.91. The molecule has 0 atom stereocenters. The Hall–Kier alpha value is -1.82. The highest BCUT2D eigenvalue weighted by Gasteiger charge is 2.25. The van der Waals surface area contributed by atoms with Crippen LogP contribution in [-0.2, 0) is 17.4 Å². The summed E-state index contributed by atoms with van der Waals surface area (Å²) in [5.74, 6) is 0.922. The van der Waals surface area contributed by atoms with Crippen LogP contribution in [0.4, 0.5) is 5.69 Å². The summed E-state index contributed by atoms with van der Waals surface area (Å²) in [5.41, 5.74) is 2.41. The number of rotatable bonds is 3. The molecule has 0 saturated heterocycles. The highest BCUT2D eigenvalue weighted by atomic mass is 35.5. The summed E-state index contributed by atoms with van der Waals surface area (Å²) in [7, 11) is -0.714. The molecule has 0 fully saturated rings. The number of hydrogen-bond acceptors (Lipinski definition) is 7. The molecule has 1 N–H and O–H groups in total. The number of fused-ring (bicyclic) bond motifs is 2. The fraction of sp³-hybridized carbons (Fsp3) is 0.211. The van der Waals surface area contributed by atoms with Gasteiger partial charge in [0, 0.05) is 23.0 Å². The SMILES string of the molecule is CCOc1ccc2c(c1)S/C(=C\c1sc3cc(Cl)ccc3[n+]1C)N2C.O=S(=O)([O-])O. The molecule has 0 unspecified atom stereocenters. The molecular weight excluding hydrogens is 468 g/mol. The number of anilines is 1. The average Bonchev–Trinajstić information content (AvgIpc) is 3.11. The van der Waals surface area contributed by atoms with Crippen molar-refractivity contribution in [2.45, 2.75) is 11.8 Å². The molecule has 0 spiro atoms. The zero-order valence-corrected chi connectivity index (χ0v) is 19.5. The van der Waals surface area contributed by atoms with Crippen LogP contribution in [0.15, 0.2) is 46.3 Å². The van der Waals surface area contributed by atoms with Crippen molar-refractivity contribution in [1.29, 1.82) is 0 Å². The van der Waals surface area contributed by atoms with Gasteiger partial charge in [-0.2, -0.15) is 4.57 Å². The average molecular weight is 487 g/mol. The maximum absolute atomic E-state index is 8.63. The number of hydrogen-bond donors (Lipinski definition) is 1. The molecule has 7 nitrogen and oxygen atoms in total. The van der Waals surface area contributed by atoms with Crippen LogP contribution in [0.25, 0.3) is 16.3 Å². The van der Waals surface area contributed by atoms with Gasteiger partial charge < -0.3 is 14.2 Å². The van der Waals surface area contributed by atoms with Crippen LogP contribution in [0.5, 0.6) is 5.75 Å². The van der Waals surface area contributed by atoms with E-state index in [1.807, 2.05) is 25.1 Å². The number of nitrogens with zero attached hydrogens (tertiary/aromatic N) is 2. The first-order valence-electron chi connectivity index (χ1n) is 8.73. The lowest BCUT2D eigenvalue weighted by Crippen LogP contribution is -2.29. The standard InChI is InChI=1S/C19H18ClN2OS2.H2O4S/c1-4-23-13-6-8-15-17(10-13)25-19(22(15)3)11-18-21(2)14-7-5-12(20)9-16(14)24-18;1-5(2,3)4/h5-11H,4H2,1-3H3;(H2,1,2,3,4)/q+1;/p-1. The molecule has 2 heterocycles. The first-order chi connectivity index (χ1) is 14.1. The lowest BCUT2D eigenvalue weighted by atomic mass is 10.3. The molecule has 0 aliphatic carbocycles. The van der Waals surface area contributed by atoms with E-state index in [4.69, 9.17) is 33.9 Å². The molecule has 3 aromatic rings. The second kappa shape index (κ2) is 9.13. The Morgan fingerprint density at radius 2 is 2.00 bits per heavy atom. The predicted octanol–water partition coefficient (Wildman–Crippen LogP) is 4.32. The maximum Gasteiger partial charge on any atom is 0.265 e. The van der Waals surface area contributed by atoms with Crippen molar-refractivity contribution in [2.24, 2.45) is 7.05 Å². The predicted molar refractivity (Wildman–Crippen MR) is 120 cm³/mol. The number of benzene rings is 2. The summed E-state index contributed by atoms with van der Waals surface area (Å²) in [4.78, 5) is 3.46. The quantitative estimate of drug-likeness (QED) is 0.334. The zero-order valence-electron chi connectivity index (χ0n) is 16.3. The summed E-state index contributed by atoms with van der Waals surface area (Å²) >= 11 is 9.66. The van der Waals surface area contributed by atoms with Crippen molar-refractivity contribution < 1.29 is 26.8 Å². The first kappa shape index (κ1) is 22.9. The second-order valence-corrected chi connectivity index (χ2v) is 9.66. The van der Waals surface area contributed by atoms with Crippen LogP contribution < -0.4 is 14.2 Å². The number of ether oxygens (including phenoxy) is 1. The smallest absolute Gasteiger partial charge is 0.265 e. The van der Waals surface area contributed by atoms with E-state index in [9.17, 15) is 0 Å². The molecule has 0 radical (unpaired) electrons. The number of aromatic nitrogens is 1. The van der Waals surface area contributed by atoms with Crippen molar-refractivity contribution >= 4 is 67.1 Å². The molecule has 0 saturated carbocycles. The molecule has 1 aromatic heterocycles. The van der Waals surface area contributed by atoms with Gasteiger partial charge in [-0.05, 0) is 37.3 Å². The van der Waals surface area contributed by atoms with Crippen LogP contribution in [0, 0.1) is 0 Å². The van der Waals surface area contributed by atoms with E-state index in [2.05, 4.69) is 47.8 Å². The first-order valence-corrected chi connectivity index (χ1v) is 12.1. The molecule has 11 heteroatoms. The van der Waals surface area contributed by atoms with Gasteiger partial charge in [0.25, 0.3) is 5.01 Å². The highest BCUT2D eigenvalue weighted by Crippen LogP contribution is 2.47. The van der Waals surface area contributed by atoms with Crippen molar-refractivity contribution in [3.8, 4) is 5.75 Å². The number of thioether (sulfide) groups is 1. The van der Waals surface area contributed by atoms with E-state index >= 15 is 0 Å². The molecule has 4 rings (SSSR count). The molecule has 0 amide bonds. The van der Waals surface area contributed by atoms with Gasteiger partial charge in [-0.3, -0.25) is 4.55 Å². The summed E-state index contributed by atoms with van der Waals surface area (Å²) < 4.78 is 41.9. The normalized spacial score (nSPS) is 14.6. The van der Waals surface area contributed by atoms with Crippen molar-refractivity contribution in [3.05, 3.63) is 51.5 Å². The van der Waals surface area contributed by atoms with Crippen molar-refractivity contribution in [1.82, 2.24) is 0 Å². The Morgan fingerprint density at radius 1 is 1.30 bits per heavy atom. The van der Waals surface area contributed by atoms with Gasteiger partial charge in [-0.1, -0.05) is 34.7 Å². The minimum atomic E-state index is -4.92. The maximum atomic E-state index is 8.63. The summed E-state index contributed by atoms with van der Waals surface area (Å²) in [6.07, 6.45) is 2.24. The molecule has 1 aliphatic heterocycles. The fourth-order valence-corrected chi connectivity index (χ4v) is 5.47. The number of halogens is 1. The molecule has 160 valence electrons. The Morgan fingerprint density at radius 3 is 2.67 bits per heavy atom. The Kier molecular flexibility index (Phi) is 6.95. The van der Waals surface area contributed by atoms with E-state index in [0.29, 0.717) is 6.61 Å². The molecule has 1 aliphatic rings. The summed E-state index contributed by atoms with van der Waals surface area (Å²) in [6.45, 7) is 2.69. The van der Waals surface area contributed by atoms with Gasteiger partial charge in [0.2, 0.25) is 15.9 Å². The van der Waals surface area contributed by atoms with E-state index in [0.717, 1.165) is 10.8 Å². The Labute approximate surface area is 188 Å². The minimum absolute atomic E-state index is 0.683. The Balaban J connectivity index is 0.000000461. The lowest BCUT2D eigenvalue weighted by molar-refractivity contribution is -0.642. The monoisotopic (exact) mass is 486 g/mol. The molecular formula is C19H19ClN2O5S3. The molecule has 2 aromatic carbocycles. The van der Waals surface area contributed by atoms with Crippen LogP contribution in [0.3, 0.4) is 0 Å². The van der Waals surface area contributed by atoms with Gasteiger partial charge in [-0.15, -0.1) is 0 Å². The van der Waals surface area contributed by atoms with Gasteiger partial charge >= 0.3 is 0 Å². The van der Waals surface area contributed by atoms with Crippen LogP contribution in [0.1, 0.15) is 11.9 Å². The highest BCUT2D eigenvalue weighted by molar-refractivity contribution is 8.03. The van der Waals surface area contributed by atoms with E-state index in [-0.39, 0.29) is 0 Å². The third kappa shape index (κ3) is 5.45. The summed E-state index contributed by atoms with van der Waals surface area (Å²) in [6, 6.07) is 12.3. The third-order valence-electron chi connectivity index (χ3n) is 4.22. The van der Waals surface area contributed by atoms with E-state index < -0.39 is 10.4 Å². The van der Waals surface area contributed by atoms with Crippen LogP contribution >= 0.6 is 34.7 Å². The third-order valence-corrected chi connectivity index (χ3v) is 6.75. The second-order valence-electron chi connectivity index (χ2n) is 6.25. The molecule has 30 heavy (non-hydrogen) atoms. The molecule has 0 bridgehead atoms. The van der Waals surface area contributed by atoms with Crippen molar-refractivity contribution in [2.75, 3.05) is 18.6 Å². The lowest BCUT2D eigenvalue weighted by Gasteiger charge is -2.13. The topological polar surface area (TPSA) is 93.8 Å². The van der Waals surface area contributed by atoms with Gasteiger partial charge in [0.1, 0.15) is 17.5 Å².